The Kier molecular flexibility index (Phi) is 35.1. The van der Waals surface area contributed by atoms with Gasteiger partial charge in [0.2, 0.25) is 0 Å². The zero-order valence-electron chi connectivity index (χ0n) is 28.8. The molecule has 0 saturated heterocycles. The van der Waals surface area contributed by atoms with E-state index in [4.69, 9.17) is 5.73 Å². The summed E-state index contributed by atoms with van der Waals surface area (Å²) >= 11 is 0. The summed E-state index contributed by atoms with van der Waals surface area (Å²) < 4.78 is 0. The van der Waals surface area contributed by atoms with Gasteiger partial charge in [-0.3, -0.25) is 0 Å². The first-order valence-corrected chi connectivity index (χ1v) is 19.0. The summed E-state index contributed by atoms with van der Waals surface area (Å²) in [4.78, 5) is 2.65. The molecule has 0 rings (SSSR count). The molecule has 0 heterocycles. The molecule has 0 aliphatic carbocycles. The maximum atomic E-state index is 6.16. The average molecular weight is 575 g/mol. The molecule has 0 radical (unpaired) electrons. The summed E-state index contributed by atoms with van der Waals surface area (Å²) in [5.74, 6) is 0. The molecule has 0 aromatic heterocycles. The van der Waals surface area contributed by atoms with Gasteiger partial charge in [-0.15, -0.1) is 0 Å². The number of unbranched alkanes of at least 4 members (excludes halogenated alkanes) is 24. The largest absolute Gasteiger partial charge is 0.327 e. The second-order valence-corrected chi connectivity index (χ2v) is 13.2. The highest BCUT2D eigenvalue weighted by atomic mass is 15.1. The van der Waals surface area contributed by atoms with Crippen LogP contribution < -0.4 is 5.73 Å². The van der Waals surface area contributed by atoms with E-state index in [0.29, 0.717) is 6.04 Å². The fourth-order valence-electron chi connectivity index (χ4n) is 5.87. The Hall–Kier alpha value is -0.600. The van der Waals surface area contributed by atoms with Gasteiger partial charge < -0.3 is 10.6 Å². The summed E-state index contributed by atoms with van der Waals surface area (Å²) in [6.07, 6.45) is 48.4. The van der Waals surface area contributed by atoms with E-state index in [1.165, 1.54) is 193 Å². The van der Waals surface area contributed by atoms with E-state index < -0.39 is 0 Å². The minimum Gasteiger partial charge on any atom is -0.327 e. The molecule has 0 aromatic rings. The molecule has 0 bridgehead atoms. The van der Waals surface area contributed by atoms with Gasteiger partial charge in [0.15, 0.2) is 0 Å². The molecule has 0 fully saturated rings. The molecule has 0 spiro atoms. The first-order chi connectivity index (χ1) is 20.2. The molecule has 2 N–H and O–H groups in total. The van der Waals surface area contributed by atoms with Crippen molar-refractivity contribution >= 4 is 0 Å². The van der Waals surface area contributed by atoms with E-state index in [-0.39, 0.29) is 0 Å². The summed E-state index contributed by atoms with van der Waals surface area (Å²) in [5.41, 5.74) is 6.16. The van der Waals surface area contributed by atoms with Gasteiger partial charge in [0.1, 0.15) is 0 Å². The van der Waals surface area contributed by atoms with E-state index in [9.17, 15) is 0 Å². The van der Waals surface area contributed by atoms with Crippen molar-refractivity contribution in [3.63, 3.8) is 0 Å². The zero-order chi connectivity index (χ0) is 29.9. The number of nitrogens with two attached hydrogens (primary N) is 1. The van der Waals surface area contributed by atoms with Gasteiger partial charge in [-0.2, -0.15) is 0 Å². The van der Waals surface area contributed by atoms with Crippen LogP contribution in [-0.4, -0.2) is 30.6 Å². The zero-order valence-corrected chi connectivity index (χ0v) is 28.8. The number of nitrogens with zero attached hydrogens (tertiary/aromatic N) is 1. The molecule has 1 atom stereocenters. The fraction of sp³-hybridized carbons (Fsp3) is 0.897. The third-order valence-electron chi connectivity index (χ3n) is 8.52. The van der Waals surface area contributed by atoms with Crippen molar-refractivity contribution in [2.45, 2.75) is 207 Å². The minimum absolute atomic E-state index is 0.290. The van der Waals surface area contributed by atoms with Crippen molar-refractivity contribution in [1.29, 1.82) is 0 Å². The van der Waals surface area contributed by atoms with Gasteiger partial charge in [-0.25, -0.2) is 0 Å². The molecule has 0 amide bonds. The molecule has 2 nitrogen and oxygen atoms in total. The normalized spacial score (nSPS) is 12.9. The summed E-state index contributed by atoms with van der Waals surface area (Å²) in [5, 5.41) is 0. The standard InChI is InChI=1S/C39H78N2/c1-4-6-8-10-12-14-16-18-20-22-24-26-28-30-32-34-36-41(38-39(3)40)37-35-33-31-29-27-25-23-21-19-17-15-13-11-9-7-5-2/h18-21,39H,4-17,22-38,40H2,1-3H3. The molecule has 2 heteroatoms. The van der Waals surface area contributed by atoms with Gasteiger partial charge in [0, 0.05) is 12.6 Å². The van der Waals surface area contributed by atoms with E-state index in [2.05, 4.69) is 50.0 Å². The number of allylic oxidation sites excluding steroid dienone is 4. The Morgan fingerprint density at radius 3 is 0.976 bits per heavy atom. The van der Waals surface area contributed by atoms with Crippen molar-refractivity contribution in [2.75, 3.05) is 19.6 Å². The fourth-order valence-corrected chi connectivity index (χ4v) is 5.87. The Bertz CT molecular complexity index is 482. The third-order valence-corrected chi connectivity index (χ3v) is 8.52. The van der Waals surface area contributed by atoms with Crippen LogP contribution in [0.2, 0.25) is 0 Å². The highest BCUT2D eigenvalue weighted by Gasteiger charge is 2.07. The van der Waals surface area contributed by atoms with Crippen molar-refractivity contribution in [2.24, 2.45) is 5.73 Å². The van der Waals surface area contributed by atoms with Crippen LogP contribution in [0.3, 0.4) is 0 Å². The van der Waals surface area contributed by atoms with Gasteiger partial charge >= 0.3 is 0 Å². The van der Waals surface area contributed by atoms with E-state index in [1.807, 2.05) is 0 Å². The second-order valence-electron chi connectivity index (χ2n) is 13.2. The van der Waals surface area contributed by atoms with Crippen molar-refractivity contribution in [3.8, 4) is 0 Å². The van der Waals surface area contributed by atoms with Crippen molar-refractivity contribution in [1.82, 2.24) is 4.90 Å². The predicted octanol–water partition coefficient (Wildman–Crippen LogP) is 12.7. The Balaban J connectivity index is 3.55. The Morgan fingerprint density at radius 2 is 0.683 bits per heavy atom. The maximum Gasteiger partial charge on any atom is 0.0139 e. The topological polar surface area (TPSA) is 29.3 Å². The van der Waals surface area contributed by atoms with Crippen LogP contribution in [-0.2, 0) is 0 Å². The van der Waals surface area contributed by atoms with Gasteiger partial charge in [0.05, 0.1) is 0 Å². The lowest BCUT2D eigenvalue weighted by Crippen LogP contribution is -2.36. The van der Waals surface area contributed by atoms with Gasteiger partial charge in [0.25, 0.3) is 0 Å². The quantitative estimate of drug-likeness (QED) is 0.0611. The monoisotopic (exact) mass is 575 g/mol. The first-order valence-electron chi connectivity index (χ1n) is 19.0. The lowest BCUT2D eigenvalue weighted by atomic mass is 10.1. The molecule has 0 aromatic carbocycles. The van der Waals surface area contributed by atoms with Crippen LogP contribution in [0, 0.1) is 0 Å². The molecule has 0 saturated carbocycles. The number of rotatable bonds is 34. The SMILES string of the molecule is CCCCCCCCC=CCCCCCCCCN(CCCCCCCCC=CCCCCCCCC)CC(C)N. The molecule has 0 aliphatic heterocycles. The summed E-state index contributed by atoms with van der Waals surface area (Å²) in [7, 11) is 0. The Labute approximate surface area is 260 Å². The first kappa shape index (κ1) is 40.4. The molecular weight excluding hydrogens is 496 g/mol. The third kappa shape index (κ3) is 35.5. The van der Waals surface area contributed by atoms with Crippen LogP contribution in [0.4, 0.5) is 0 Å². The van der Waals surface area contributed by atoms with Crippen molar-refractivity contribution < 1.29 is 0 Å². The average Bonchev–Trinajstić information content (AvgIpc) is 2.96. The van der Waals surface area contributed by atoms with Gasteiger partial charge in [-0.1, -0.05) is 154 Å². The van der Waals surface area contributed by atoms with Gasteiger partial charge in [-0.05, 0) is 84.2 Å². The smallest absolute Gasteiger partial charge is 0.0139 e. The second kappa shape index (κ2) is 35.6. The van der Waals surface area contributed by atoms with Crippen LogP contribution in [0.5, 0.6) is 0 Å². The van der Waals surface area contributed by atoms with E-state index in [0.717, 1.165) is 6.54 Å². The highest BCUT2D eigenvalue weighted by molar-refractivity contribution is 4.82. The molecule has 41 heavy (non-hydrogen) atoms. The van der Waals surface area contributed by atoms with Crippen LogP contribution in [0.15, 0.2) is 24.3 Å². The summed E-state index contributed by atoms with van der Waals surface area (Å²) in [6, 6.07) is 0.290. The lowest BCUT2D eigenvalue weighted by molar-refractivity contribution is 0.249. The number of hydrogen-bond donors (Lipinski definition) is 1. The molecule has 244 valence electrons. The number of hydrogen-bond acceptors (Lipinski definition) is 2. The van der Waals surface area contributed by atoms with E-state index in [1.54, 1.807) is 0 Å². The van der Waals surface area contributed by atoms with Crippen LogP contribution in [0.25, 0.3) is 0 Å². The summed E-state index contributed by atoms with van der Waals surface area (Å²) in [6.45, 7) is 10.3. The molecular formula is C39H78N2. The van der Waals surface area contributed by atoms with Crippen molar-refractivity contribution in [3.05, 3.63) is 24.3 Å². The minimum atomic E-state index is 0.290. The molecule has 1 unspecified atom stereocenters. The highest BCUT2D eigenvalue weighted by Crippen LogP contribution is 2.13. The van der Waals surface area contributed by atoms with Crippen LogP contribution in [0.1, 0.15) is 201 Å². The lowest BCUT2D eigenvalue weighted by Gasteiger charge is -2.24. The maximum absolute atomic E-state index is 6.16. The molecule has 0 aliphatic rings. The van der Waals surface area contributed by atoms with E-state index >= 15 is 0 Å². The predicted molar refractivity (Wildman–Crippen MR) is 189 cm³/mol. The Morgan fingerprint density at radius 1 is 0.415 bits per heavy atom. The van der Waals surface area contributed by atoms with Crippen LogP contribution >= 0.6 is 0 Å².